The molecule has 0 aliphatic heterocycles. The molecule has 32 heavy (non-hydrogen) atoms. The number of thioether (sulfide) groups is 1. The second-order valence-electron chi connectivity index (χ2n) is 6.99. The molecular weight excluding hydrogens is 432 g/mol. The van der Waals surface area contributed by atoms with Crippen LogP contribution in [-0.4, -0.2) is 73.0 Å². The third kappa shape index (κ3) is 8.33. The van der Waals surface area contributed by atoms with E-state index in [1.807, 2.05) is 0 Å². The highest BCUT2D eigenvalue weighted by atomic mass is 32.2. The Morgan fingerprint density at radius 2 is 1.94 bits per heavy atom. The number of aldehydes is 1. The second-order valence-corrected chi connectivity index (χ2v) is 8.21. The largest absolute Gasteiger partial charge is 0.376 e. The molecule has 0 aliphatic rings. The van der Waals surface area contributed by atoms with Crippen molar-refractivity contribution < 1.29 is 24.0 Å². The van der Waals surface area contributed by atoms with Crippen molar-refractivity contribution in [2.45, 2.75) is 39.2 Å². The van der Waals surface area contributed by atoms with Crippen molar-refractivity contribution in [1.82, 2.24) is 15.5 Å². The van der Waals surface area contributed by atoms with Crippen molar-refractivity contribution in [2.24, 2.45) is 0 Å². The Balaban J connectivity index is 2.88. The van der Waals surface area contributed by atoms with Gasteiger partial charge in [0.25, 0.3) is 5.91 Å². The van der Waals surface area contributed by atoms with Crippen LogP contribution in [0.2, 0.25) is 0 Å². The number of carbonyl (C=O) groups excluding carboxylic acids is 5. The Labute approximate surface area is 193 Å². The molecule has 0 fully saturated rings. The summed E-state index contributed by atoms with van der Waals surface area (Å²) in [6, 6.07) is 3.81. The normalized spacial score (nSPS) is 11.2. The summed E-state index contributed by atoms with van der Waals surface area (Å²) >= 11 is 1.78. The summed E-state index contributed by atoms with van der Waals surface area (Å²) in [5.74, 6) is 0.551. The van der Waals surface area contributed by atoms with Crippen molar-refractivity contribution >= 4 is 47.9 Å². The van der Waals surface area contributed by atoms with E-state index in [2.05, 4.69) is 22.9 Å². The van der Waals surface area contributed by atoms with E-state index in [1.165, 1.54) is 7.05 Å². The number of anilines is 1. The van der Waals surface area contributed by atoms with Crippen molar-refractivity contribution in [2.75, 3.05) is 37.0 Å². The van der Waals surface area contributed by atoms with Crippen LogP contribution in [0.4, 0.5) is 5.69 Å². The lowest BCUT2D eigenvalue weighted by atomic mass is 10.0. The molecule has 0 heterocycles. The topological polar surface area (TPSA) is 125 Å². The molecule has 0 saturated heterocycles. The Hall–Kier alpha value is -2.88. The number of hydrogen-bond acceptors (Lipinski definition) is 7. The lowest BCUT2D eigenvalue weighted by Crippen LogP contribution is -2.48. The Morgan fingerprint density at radius 3 is 2.56 bits per heavy atom. The third-order valence-corrected chi connectivity index (χ3v) is 5.90. The van der Waals surface area contributed by atoms with Crippen LogP contribution in [0, 0.1) is 6.92 Å². The van der Waals surface area contributed by atoms with Gasteiger partial charge in [-0.05, 0) is 43.2 Å². The second kappa shape index (κ2) is 15.0. The van der Waals surface area contributed by atoms with E-state index in [4.69, 9.17) is 0 Å². The number of imide groups is 1. The van der Waals surface area contributed by atoms with E-state index in [9.17, 15) is 24.0 Å². The van der Waals surface area contributed by atoms with Crippen LogP contribution in [0.1, 0.15) is 42.1 Å². The number of nitrogens with one attached hydrogen (secondary N) is 3. The fraction of sp³-hybridized carbons (Fsp3) is 0.500. The highest BCUT2D eigenvalue weighted by Crippen LogP contribution is 2.21. The Bertz CT molecular complexity index is 803. The highest BCUT2D eigenvalue weighted by molar-refractivity contribution is 7.99. The molecule has 1 atom stereocenters. The summed E-state index contributed by atoms with van der Waals surface area (Å²) in [7, 11) is 1.40. The van der Waals surface area contributed by atoms with E-state index in [1.54, 1.807) is 36.9 Å². The fourth-order valence-corrected chi connectivity index (χ4v) is 3.74. The number of rotatable bonds is 15. The van der Waals surface area contributed by atoms with Gasteiger partial charge in [0.05, 0.1) is 6.54 Å². The first-order valence-corrected chi connectivity index (χ1v) is 11.7. The van der Waals surface area contributed by atoms with Crippen molar-refractivity contribution in [1.29, 1.82) is 0 Å². The number of nitrogens with zero attached hydrogens (tertiary/aromatic N) is 1. The van der Waals surface area contributed by atoms with Gasteiger partial charge in [-0.15, -0.1) is 0 Å². The predicted molar refractivity (Wildman–Crippen MR) is 126 cm³/mol. The highest BCUT2D eigenvalue weighted by Gasteiger charge is 2.30. The van der Waals surface area contributed by atoms with Crippen LogP contribution < -0.4 is 16.0 Å². The van der Waals surface area contributed by atoms with Gasteiger partial charge in [0, 0.05) is 37.0 Å². The molecule has 0 radical (unpaired) electrons. The molecule has 1 aromatic carbocycles. The van der Waals surface area contributed by atoms with E-state index >= 15 is 0 Å². The first-order valence-electron chi connectivity index (χ1n) is 10.5. The molecule has 0 aromatic heterocycles. The van der Waals surface area contributed by atoms with Crippen LogP contribution in [-0.2, 0) is 19.2 Å². The Morgan fingerprint density at radius 1 is 1.19 bits per heavy atom. The van der Waals surface area contributed by atoms with Crippen LogP contribution >= 0.6 is 11.8 Å². The molecule has 3 N–H and O–H groups in total. The quantitative estimate of drug-likeness (QED) is 0.264. The zero-order valence-electron chi connectivity index (χ0n) is 18.8. The van der Waals surface area contributed by atoms with E-state index in [-0.39, 0.29) is 30.9 Å². The molecule has 9 nitrogen and oxygen atoms in total. The summed E-state index contributed by atoms with van der Waals surface area (Å²) in [5, 5.41) is 8.26. The van der Waals surface area contributed by atoms with Crippen LogP contribution in [0.5, 0.6) is 0 Å². The maximum Gasteiger partial charge on any atom is 0.261 e. The molecule has 176 valence electrons. The minimum atomic E-state index is -1.09. The molecule has 1 rings (SSSR count). The van der Waals surface area contributed by atoms with Gasteiger partial charge in [0.2, 0.25) is 18.2 Å². The van der Waals surface area contributed by atoms with Gasteiger partial charge in [-0.2, -0.15) is 11.8 Å². The monoisotopic (exact) mass is 464 g/mol. The number of carbonyl (C=O) groups is 5. The minimum Gasteiger partial charge on any atom is -0.376 e. The van der Waals surface area contributed by atoms with Crippen molar-refractivity contribution in [3.8, 4) is 0 Å². The summed E-state index contributed by atoms with van der Waals surface area (Å²) in [5.41, 5.74) is 1.33. The van der Waals surface area contributed by atoms with Crippen LogP contribution in [0.25, 0.3) is 0 Å². The summed E-state index contributed by atoms with van der Waals surface area (Å²) < 4.78 is 0. The molecule has 0 spiro atoms. The number of likely N-dealkylation sites (N-methyl/N-ethyl adjacent to an activating group) is 1. The standard InChI is InChI=1S/C22H32N4O5S/c1-4-12-32-13-10-24-20(29)14-25-18-8-5-7-17(16(18)2)22(31)26(15-28)19(9-6-11-27)21(30)23-3/h5,7-8,11,15,19,25H,4,6,9-10,12-14H2,1-3H3,(H,23,30)(H,24,29). The molecule has 10 heteroatoms. The first-order chi connectivity index (χ1) is 15.4. The maximum atomic E-state index is 13.1. The summed E-state index contributed by atoms with van der Waals surface area (Å²) in [6.45, 7) is 4.42. The predicted octanol–water partition coefficient (Wildman–Crippen LogP) is 1.36. The van der Waals surface area contributed by atoms with E-state index in [0.29, 0.717) is 30.5 Å². The molecule has 4 amide bonds. The van der Waals surface area contributed by atoms with Crippen molar-refractivity contribution in [3.63, 3.8) is 0 Å². The lowest BCUT2D eigenvalue weighted by molar-refractivity contribution is -0.131. The molecule has 1 aromatic rings. The van der Waals surface area contributed by atoms with Crippen molar-refractivity contribution in [3.05, 3.63) is 29.3 Å². The maximum absolute atomic E-state index is 13.1. The van der Waals surface area contributed by atoms with Gasteiger partial charge in [-0.25, -0.2) is 0 Å². The zero-order chi connectivity index (χ0) is 23.9. The third-order valence-electron chi connectivity index (χ3n) is 4.71. The van der Waals surface area contributed by atoms with Gasteiger partial charge in [0.1, 0.15) is 12.3 Å². The number of hydrogen-bond donors (Lipinski definition) is 3. The summed E-state index contributed by atoms with van der Waals surface area (Å²) in [4.78, 5) is 60.5. The molecule has 0 bridgehead atoms. The average molecular weight is 465 g/mol. The molecule has 1 unspecified atom stereocenters. The zero-order valence-corrected chi connectivity index (χ0v) is 19.6. The van der Waals surface area contributed by atoms with Gasteiger partial charge in [0.15, 0.2) is 0 Å². The number of amides is 4. The molecule has 0 aliphatic carbocycles. The smallest absolute Gasteiger partial charge is 0.261 e. The van der Waals surface area contributed by atoms with Gasteiger partial charge >= 0.3 is 0 Å². The van der Waals surface area contributed by atoms with Gasteiger partial charge < -0.3 is 20.7 Å². The lowest BCUT2D eigenvalue weighted by Gasteiger charge is -2.25. The minimum absolute atomic E-state index is 0.0291. The van der Waals surface area contributed by atoms with E-state index < -0.39 is 17.9 Å². The molecular formula is C22H32N4O5S. The Kier molecular flexibility index (Phi) is 12.7. The van der Waals surface area contributed by atoms with Gasteiger partial charge in [-0.1, -0.05) is 13.0 Å². The first kappa shape index (κ1) is 27.2. The van der Waals surface area contributed by atoms with Crippen LogP contribution in [0.3, 0.4) is 0 Å². The van der Waals surface area contributed by atoms with E-state index in [0.717, 1.165) is 22.8 Å². The van der Waals surface area contributed by atoms with Gasteiger partial charge in [-0.3, -0.25) is 24.1 Å². The number of benzene rings is 1. The average Bonchev–Trinajstić information content (AvgIpc) is 2.80. The SMILES string of the molecule is CCCSCCNC(=O)CNc1cccc(C(=O)N(C=O)C(CCC=O)C(=O)NC)c1C. The fourth-order valence-electron chi connectivity index (χ4n) is 3.00. The van der Waals surface area contributed by atoms with Crippen LogP contribution in [0.15, 0.2) is 18.2 Å². The molecule has 0 saturated carbocycles. The summed E-state index contributed by atoms with van der Waals surface area (Å²) in [6.07, 6.45) is 2.09.